The predicted octanol–water partition coefficient (Wildman–Crippen LogP) is -23.6. The van der Waals surface area contributed by atoms with Crippen molar-refractivity contribution < 1.29 is 223 Å². The summed E-state index contributed by atoms with van der Waals surface area (Å²) in [5, 5.41) is 2.59. The average molecular weight is 2300 g/mol. The largest absolute Gasteiger partial charge is 0.574 e. The smallest absolute Gasteiger partial charge is 0.533 e. The minimum Gasteiger partial charge on any atom is -0.574 e. The molecule has 0 aliphatic carbocycles. The van der Waals surface area contributed by atoms with E-state index in [-0.39, 0.29) is 13.0 Å². The number of nitrogens with one attached hydrogen (secondary N) is 1. The fraction of sp³-hybridized carbons (Fsp3) is 1.00. The van der Waals surface area contributed by atoms with Crippen LogP contribution in [-0.4, -0.2) is 405 Å². The van der Waals surface area contributed by atoms with Crippen LogP contribution in [0.5, 0.6) is 0 Å². The fourth-order valence-electron chi connectivity index (χ4n) is 5.98. The molecule has 0 spiro atoms. The summed E-state index contributed by atoms with van der Waals surface area (Å²) in [6, 6.07) is -0.554. The third-order valence-electron chi connectivity index (χ3n) is 11.4. The highest BCUT2D eigenvalue weighted by atomic mass is 30.2. The van der Waals surface area contributed by atoms with Crippen LogP contribution in [0.3, 0.4) is 0 Å². The monoisotopic (exact) mass is 2290 g/mol. The Kier molecular flexibility index (Phi) is 48.5. The zero-order chi connectivity index (χ0) is 84.5. The molecule has 3 N–H and O–H groups in total. The first-order chi connectivity index (χ1) is 48.7. The van der Waals surface area contributed by atoms with Crippen molar-refractivity contribution >= 4 is 382 Å². The van der Waals surface area contributed by atoms with Gasteiger partial charge < -0.3 is 228 Å². The Morgan fingerprint density at radius 3 is 0.551 bits per heavy atom. The maximum atomic E-state index is 13.8. The maximum Gasteiger partial charge on any atom is 0.533 e. The Labute approximate surface area is 648 Å². The molecule has 0 saturated heterocycles. The number of hydrogen-bond acceptors (Lipinski definition) is 51. The van der Waals surface area contributed by atoms with E-state index in [2.05, 4.69) is 9.43 Å². The normalized spacial score (nSPS) is 10.9. The molecule has 107 heavy (non-hydrogen) atoms. The van der Waals surface area contributed by atoms with Crippen LogP contribution in [0.15, 0.2) is 0 Å². The molecule has 0 aromatic rings. The summed E-state index contributed by atoms with van der Waals surface area (Å²) < 4.78 is 600. The fourth-order valence-corrected chi connectivity index (χ4v) is 546. The SMILES string of the molecule is CNCCC[Si](C)(O[Si](=O)[Si](=O)[Si](=O)[Si](=O)[Si](=O)[Si](=O)[Si](=O)[Si](=O)[Si](=O)[Si](=O)[Si](=O)[Si](=O)[Si](=O)[Si](=O)[Si](=O)[Si](=O)[Si](=O)[Si](=O)[Si](=O)[Si](=O)[Si](=O)[Si](=O)[Si](=O)[Si](=O)[Si](=O)[Si](=O)[Si](=O)[Si](=O)[Si](=O)[Si](=O)[Si](=O)[Si](=O)[Si](=O)[Si](=O)[Si](=O)[Si](=O)[Si](=O)[Si](=O)[SiH2]O)[Si](=O)[Si](=O)[Si](=O)[Si](=O)[Si](=O)[Si](=O)[Si](=O)[Si](=O)O[Si](C)(C)O. The molecule has 1 unspecified atom stereocenters. The van der Waals surface area contributed by atoms with Gasteiger partial charge in [0.05, 0.1) is 0 Å². The highest BCUT2D eigenvalue weighted by Gasteiger charge is 2.62. The van der Waals surface area contributed by atoms with Crippen molar-refractivity contribution in [3.05, 3.63) is 0 Å². The summed E-state index contributed by atoms with van der Waals surface area (Å²) in [6.45, 7) is 2.89. The second-order valence-electron chi connectivity index (χ2n) is 19.4. The predicted molar refractivity (Wildman–Crippen MR) is 364 cm³/mol. The van der Waals surface area contributed by atoms with Crippen molar-refractivity contribution in [2.24, 2.45) is 0 Å². The lowest BCUT2D eigenvalue weighted by molar-refractivity contribution is 0.372. The molecule has 100 heteroatoms. The molecule has 51 nitrogen and oxygen atoms in total. The van der Waals surface area contributed by atoms with E-state index in [0.29, 0.717) is 0 Å². The molecule has 0 aliphatic heterocycles. The minimum atomic E-state index is -4.93. The van der Waals surface area contributed by atoms with E-state index in [0.717, 1.165) is 19.6 Å². The molecule has 1 atom stereocenters. The zero-order valence-electron chi connectivity index (χ0n) is 51.8. The Morgan fingerprint density at radius 1 is 0.243 bits per heavy atom. The van der Waals surface area contributed by atoms with Gasteiger partial charge in [0.1, 0.15) is 0 Å². The van der Waals surface area contributed by atoms with E-state index in [1.54, 1.807) is 0 Å². The van der Waals surface area contributed by atoms with Crippen LogP contribution in [0, 0.1) is 0 Å². The second-order valence-corrected chi connectivity index (χ2v) is 251. The molecule has 0 aromatic carbocycles. The molecular formula is C7H23NO50Si49. The van der Waals surface area contributed by atoms with Gasteiger partial charge in [0, 0.05) is 0 Å². The van der Waals surface area contributed by atoms with Crippen LogP contribution >= 0.6 is 0 Å². The molecule has 0 amide bonds. The van der Waals surface area contributed by atoms with Crippen LogP contribution < -0.4 is 5.32 Å². The third kappa shape index (κ3) is 29.1. The van der Waals surface area contributed by atoms with E-state index in [9.17, 15) is 210 Å². The van der Waals surface area contributed by atoms with Gasteiger partial charge in [-0.2, -0.15) is 0 Å². The van der Waals surface area contributed by atoms with Crippen LogP contribution in [-0.2, 0) is 213 Å². The van der Waals surface area contributed by atoms with Gasteiger partial charge in [0.15, 0.2) is 0 Å². The summed E-state index contributed by atoms with van der Waals surface area (Å²) in [4.78, 5) is 18.7. The Morgan fingerprint density at radius 2 is 0.393 bits per heavy atom. The molecule has 0 fully saturated rings. The van der Waals surface area contributed by atoms with E-state index in [4.69, 9.17) is 8.91 Å². The van der Waals surface area contributed by atoms with Crippen molar-refractivity contribution in [2.75, 3.05) is 13.6 Å². The lowest BCUT2D eigenvalue weighted by Gasteiger charge is -2.24. The maximum absolute atomic E-state index is 13.8. The van der Waals surface area contributed by atoms with Crippen molar-refractivity contribution in [1.29, 1.82) is 0 Å². The van der Waals surface area contributed by atoms with Crippen molar-refractivity contribution in [3.63, 3.8) is 0 Å². The van der Waals surface area contributed by atoms with Gasteiger partial charge in [0.2, 0.25) is 9.28 Å². The van der Waals surface area contributed by atoms with Gasteiger partial charge in [0.25, 0.3) is 7.83 Å². The summed E-state index contributed by atoms with van der Waals surface area (Å²) >= 11 is 0. The van der Waals surface area contributed by atoms with Gasteiger partial charge >= 0.3 is 365 Å². The van der Waals surface area contributed by atoms with Gasteiger partial charge in [-0.05, 0) is 45.7 Å². The second kappa shape index (κ2) is 48.1. The summed E-state index contributed by atoms with van der Waals surface area (Å²) in [5.74, 6) is 0. The van der Waals surface area contributed by atoms with E-state index in [1.165, 1.54) is 7.05 Å². The first-order valence-corrected chi connectivity index (χ1v) is 144. The highest BCUT2D eigenvalue weighted by molar-refractivity contribution is 7.86. The third-order valence-corrected chi connectivity index (χ3v) is 377. The first kappa shape index (κ1) is 108. The van der Waals surface area contributed by atoms with Gasteiger partial charge in [-0.15, -0.1) is 0 Å². The zero-order valence-corrected chi connectivity index (χ0v) is 101. The quantitative estimate of drug-likeness (QED) is 0.0376. The first-order valence-electron chi connectivity index (χ1n) is 26.1. The van der Waals surface area contributed by atoms with Gasteiger partial charge in [-0.1, -0.05) is 0 Å². The van der Waals surface area contributed by atoms with Crippen LogP contribution in [0.4, 0.5) is 0 Å². The molecule has 0 rings (SSSR count). The topological polar surface area (TPSA) is 856 Å². The van der Waals surface area contributed by atoms with E-state index >= 15 is 0 Å². The highest BCUT2D eigenvalue weighted by Crippen LogP contribution is 2.15. The number of hydrogen-bond donors (Lipinski definition) is 3. The Hall–Kier alpha value is 0.907. The lowest BCUT2D eigenvalue weighted by atomic mass is 10.5. The minimum absolute atomic E-state index is 0.0282. The standard InChI is InChI=1S/C7H23NO50Si49/c1-8-6-5-7-107(4,105(55)104(54)103(53)102(52)70(20)66(16)63(13)60(10)57-106(2,3)56)58-61(11)64(14)67(17)69(19)72(22)74(24)76(26)78(28)80(30)82(32)84(34)86(36)88(38)90(40)92(42)94(44)96(46)98(48)100(50)101(51)99(49)97(47)95(45)93(43)91(41)89(39)87(37)85(35)83(33)81(31)79(29)77(27)75(25)73(23)71(21)68(18)65(15)62(12)59-9/h8-9,56H,5-7,59H2,1-4H3. The van der Waals surface area contributed by atoms with E-state index in [1.807, 2.05) is 0 Å². The van der Waals surface area contributed by atoms with E-state index < -0.39 is 388 Å². The van der Waals surface area contributed by atoms with Gasteiger partial charge in [-0.25, -0.2) is 0 Å². The summed E-state index contributed by atoms with van der Waals surface area (Å²) in [7, 11) is -222. The van der Waals surface area contributed by atoms with Gasteiger partial charge in [-0.3, -0.25) is 0 Å². The van der Waals surface area contributed by atoms with Crippen LogP contribution in [0.1, 0.15) is 6.42 Å². The Bertz CT molecular complexity index is 4790. The van der Waals surface area contributed by atoms with Crippen LogP contribution in [0.2, 0.25) is 25.7 Å². The lowest BCUT2D eigenvalue weighted by Crippen LogP contribution is -2.60. The molecule has 0 aliphatic rings. The molecular weight excluding hydrogens is 2270 g/mol. The van der Waals surface area contributed by atoms with Crippen molar-refractivity contribution in [1.82, 2.24) is 5.32 Å². The molecule has 0 heterocycles. The average Bonchev–Trinajstić information content (AvgIpc) is 0.804. The summed E-state index contributed by atoms with van der Waals surface area (Å²) in [6.07, 6.45) is -0.170. The summed E-state index contributed by atoms with van der Waals surface area (Å²) in [5.41, 5.74) is 0. The molecule has 0 saturated carbocycles. The van der Waals surface area contributed by atoms with Crippen molar-refractivity contribution in [2.45, 2.75) is 32.1 Å². The Balaban J connectivity index is 6.18. The molecule has 0 radical (unpaired) electrons. The molecule has 0 bridgehead atoms. The number of rotatable bonds is 54. The molecule has 0 aromatic heterocycles. The molecule has 552 valence electrons. The van der Waals surface area contributed by atoms with Crippen LogP contribution in [0.25, 0.3) is 0 Å². The van der Waals surface area contributed by atoms with Crippen molar-refractivity contribution in [3.8, 4) is 0 Å².